The zero-order chi connectivity index (χ0) is 15.2. The number of aliphatic hydroxyl groups excluding tert-OH is 1. The Morgan fingerprint density at radius 1 is 1.10 bits per heavy atom. The molecule has 2 rings (SSSR count). The third-order valence-corrected chi connectivity index (χ3v) is 3.43. The summed E-state index contributed by atoms with van der Waals surface area (Å²) < 4.78 is 5.68. The third kappa shape index (κ3) is 3.97. The highest BCUT2D eigenvalue weighted by molar-refractivity contribution is 6.31. The van der Waals surface area contributed by atoms with Crippen LogP contribution in [0.15, 0.2) is 42.5 Å². The van der Waals surface area contributed by atoms with Crippen LogP contribution in [-0.4, -0.2) is 16.2 Å². The molecule has 2 N–H and O–H groups in total. The van der Waals surface area contributed by atoms with E-state index in [1.807, 2.05) is 12.1 Å². The molecule has 0 amide bonds. The van der Waals surface area contributed by atoms with Gasteiger partial charge in [-0.1, -0.05) is 41.9 Å². The second-order valence-corrected chi connectivity index (χ2v) is 4.91. The van der Waals surface area contributed by atoms with Crippen LogP contribution < -0.4 is 4.74 Å². The lowest BCUT2D eigenvalue weighted by Gasteiger charge is -2.13. The molecule has 0 saturated heterocycles. The minimum atomic E-state index is -0.888. The number of ether oxygens (including phenoxy) is 1. The van der Waals surface area contributed by atoms with Gasteiger partial charge in [-0.3, -0.25) is 4.79 Å². The van der Waals surface area contributed by atoms with E-state index in [0.717, 1.165) is 5.56 Å². The van der Waals surface area contributed by atoms with E-state index in [-0.39, 0.29) is 19.6 Å². The van der Waals surface area contributed by atoms with Crippen LogP contribution in [0.4, 0.5) is 0 Å². The molecule has 0 unspecified atom stereocenters. The molecule has 0 fully saturated rings. The van der Waals surface area contributed by atoms with E-state index in [1.165, 1.54) is 0 Å². The number of halogens is 1. The molecule has 0 aliphatic carbocycles. The first-order valence-corrected chi connectivity index (χ1v) is 6.79. The third-order valence-electron chi connectivity index (χ3n) is 3.08. The Kier molecular flexibility index (Phi) is 5.20. The van der Waals surface area contributed by atoms with Crippen LogP contribution in [0.25, 0.3) is 0 Å². The maximum atomic E-state index is 10.8. The molecule has 0 saturated carbocycles. The number of rotatable bonds is 6. The molecule has 0 bridgehead atoms. The summed E-state index contributed by atoms with van der Waals surface area (Å²) in [6.45, 7) is 0.00255. The van der Waals surface area contributed by atoms with Gasteiger partial charge in [0.1, 0.15) is 12.4 Å². The molecular formula is C16H15ClO4. The smallest absolute Gasteiger partial charge is 0.307 e. The van der Waals surface area contributed by atoms with Gasteiger partial charge in [-0.2, -0.15) is 0 Å². The largest absolute Gasteiger partial charge is 0.488 e. The van der Waals surface area contributed by atoms with Crippen molar-refractivity contribution >= 4 is 17.6 Å². The average molecular weight is 307 g/mol. The van der Waals surface area contributed by atoms with E-state index < -0.39 is 5.97 Å². The van der Waals surface area contributed by atoms with Gasteiger partial charge in [-0.05, 0) is 23.3 Å². The summed E-state index contributed by atoms with van der Waals surface area (Å²) in [7, 11) is 0. The van der Waals surface area contributed by atoms with Crippen molar-refractivity contribution in [2.75, 3.05) is 0 Å². The predicted octanol–water partition coefficient (Wildman–Crippen LogP) is 3.04. The first kappa shape index (κ1) is 15.4. The normalized spacial score (nSPS) is 10.4. The number of hydrogen-bond acceptors (Lipinski definition) is 3. The van der Waals surface area contributed by atoms with Gasteiger partial charge in [0, 0.05) is 10.6 Å². The van der Waals surface area contributed by atoms with E-state index in [9.17, 15) is 9.90 Å². The second kappa shape index (κ2) is 7.11. The van der Waals surface area contributed by atoms with Gasteiger partial charge in [0.25, 0.3) is 0 Å². The molecule has 110 valence electrons. The molecule has 0 spiro atoms. The number of benzene rings is 2. The van der Waals surface area contributed by atoms with E-state index in [2.05, 4.69) is 0 Å². The molecule has 5 heteroatoms. The summed E-state index contributed by atoms with van der Waals surface area (Å²) in [6.07, 6.45) is -0.0536. The van der Waals surface area contributed by atoms with Crippen LogP contribution in [0.1, 0.15) is 16.7 Å². The Bertz CT molecular complexity index is 640. The van der Waals surface area contributed by atoms with E-state index >= 15 is 0 Å². The van der Waals surface area contributed by atoms with Gasteiger partial charge >= 0.3 is 5.97 Å². The lowest BCUT2D eigenvalue weighted by molar-refractivity contribution is -0.136. The zero-order valence-electron chi connectivity index (χ0n) is 11.3. The van der Waals surface area contributed by atoms with Crippen LogP contribution in [0.3, 0.4) is 0 Å². The van der Waals surface area contributed by atoms with E-state index in [0.29, 0.717) is 21.9 Å². The molecule has 4 nitrogen and oxygen atoms in total. The quantitative estimate of drug-likeness (QED) is 0.861. The van der Waals surface area contributed by atoms with Crippen molar-refractivity contribution in [1.82, 2.24) is 0 Å². The van der Waals surface area contributed by atoms with Crippen LogP contribution in [0, 0.1) is 0 Å². The number of hydrogen-bond donors (Lipinski definition) is 2. The number of aliphatic hydroxyl groups is 1. The lowest BCUT2D eigenvalue weighted by atomic mass is 10.1. The Balaban J connectivity index is 2.17. The van der Waals surface area contributed by atoms with Gasteiger partial charge in [0.15, 0.2) is 0 Å². The summed E-state index contributed by atoms with van der Waals surface area (Å²) in [4.78, 5) is 10.8. The van der Waals surface area contributed by atoms with Crippen molar-refractivity contribution in [3.63, 3.8) is 0 Å². The van der Waals surface area contributed by atoms with E-state index in [1.54, 1.807) is 30.3 Å². The molecule has 0 heterocycles. The van der Waals surface area contributed by atoms with Gasteiger partial charge in [-0.15, -0.1) is 0 Å². The first-order valence-electron chi connectivity index (χ1n) is 6.41. The highest BCUT2D eigenvalue weighted by atomic mass is 35.5. The molecule has 0 aliphatic heterocycles. The van der Waals surface area contributed by atoms with Crippen molar-refractivity contribution in [3.8, 4) is 5.75 Å². The Morgan fingerprint density at radius 2 is 1.81 bits per heavy atom. The van der Waals surface area contributed by atoms with Gasteiger partial charge in [-0.25, -0.2) is 0 Å². The summed E-state index contributed by atoms with van der Waals surface area (Å²) in [5.41, 5.74) is 2.02. The summed E-state index contributed by atoms with van der Waals surface area (Å²) in [6, 6.07) is 12.3. The molecular weight excluding hydrogens is 292 g/mol. The Labute approximate surface area is 127 Å². The van der Waals surface area contributed by atoms with Crippen LogP contribution >= 0.6 is 11.6 Å². The van der Waals surface area contributed by atoms with Crippen LogP contribution in [0.5, 0.6) is 5.75 Å². The lowest BCUT2D eigenvalue weighted by Crippen LogP contribution is -2.06. The van der Waals surface area contributed by atoms with Crippen molar-refractivity contribution < 1.29 is 19.7 Å². The Morgan fingerprint density at radius 3 is 2.48 bits per heavy atom. The van der Waals surface area contributed by atoms with Crippen molar-refractivity contribution in [3.05, 3.63) is 64.2 Å². The average Bonchev–Trinajstić information content (AvgIpc) is 2.46. The van der Waals surface area contributed by atoms with Gasteiger partial charge < -0.3 is 14.9 Å². The molecule has 2 aromatic carbocycles. The number of carboxylic acid groups (broad SMARTS) is 1. The first-order chi connectivity index (χ1) is 10.1. The number of carbonyl (C=O) groups is 1. The van der Waals surface area contributed by atoms with Gasteiger partial charge in [0.2, 0.25) is 0 Å². The maximum Gasteiger partial charge on any atom is 0.307 e. The SMILES string of the molecule is O=C(O)Cc1ccccc1COc1cccc(Cl)c1CO. The summed E-state index contributed by atoms with van der Waals surface area (Å²) in [5.74, 6) is -0.392. The zero-order valence-corrected chi connectivity index (χ0v) is 12.0. The molecule has 0 radical (unpaired) electrons. The topological polar surface area (TPSA) is 66.8 Å². The van der Waals surface area contributed by atoms with Crippen LogP contribution in [-0.2, 0) is 24.4 Å². The molecule has 2 aromatic rings. The molecule has 21 heavy (non-hydrogen) atoms. The molecule has 0 aliphatic rings. The summed E-state index contributed by atoms with van der Waals surface area (Å²) >= 11 is 5.99. The Hall–Kier alpha value is -2.04. The fourth-order valence-corrected chi connectivity index (χ4v) is 2.24. The number of aliphatic carboxylic acids is 1. The van der Waals surface area contributed by atoms with Gasteiger partial charge in [0.05, 0.1) is 13.0 Å². The fraction of sp³-hybridized carbons (Fsp3) is 0.188. The number of carboxylic acids is 1. The minimum Gasteiger partial charge on any atom is -0.488 e. The second-order valence-electron chi connectivity index (χ2n) is 4.50. The van der Waals surface area contributed by atoms with Crippen LogP contribution in [0.2, 0.25) is 5.02 Å². The van der Waals surface area contributed by atoms with E-state index in [4.69, 9.17) is 21.4 Å². The standard InChI is InChI=1S/C16H15ClO4/c17-14-6-3-7-15(13(14)9-18)21-10-12-5-2-1-4-11(12)8-16(19)20/h1-7,18H,8-10H2,(H,19,20). The minimum absolute atomic E-state index is 0.0536. The monoisotopic (exact) mass is 306 g/mol. The molecule has 0 atom stereocenters. The maximum absolute atomic E-state index is 10.8. The fourth-order valence-electron chi connectivity index (χ4n) is 2.02. The van der Waals surface area contributed by atoms with Crippen molar-refractivity contribution in [2.45, 2.75) is 19.6 Å². The molecule has 0 aromatic heterocycles. The van der Waals surface area contributed by atoms with Crippen molar-refractivity contribution in [1.29, 1.82) is 0 Å². The summed E-state index contributed by atoms with van der Waals surface area (Å²) in [5, 5.41) is 18.7. The highest BCUT2D eigenvalue weighted by Crippen LogP contribution is 2.27. The van der Waals surface area contributed by atoms with Crippen molar-refractivity contribution in [2.24, 2.45) is 0 Å². The highest BCUT2D eigenvalue weighted by Gasteiger charge is 2.10. The predicted molar refractivity (Wildman–Crippen MR) is 79.5 cm³/mol.